The molecule has 1 atom stereocenters. The zero-order chi connectivity index (χ0) is 14.9. The van der Waals surface area contributed by atoms with E-state index in [0.29, 0.717) is 6.04 Å². The van der Waals surface area contributed by atoms with Crippen LogP contribution in [0.3, 0.4) is 0 Å². The number of aryl methyl sites for hydroxylation is 1. The van der Waals surface area contributed by atoms with Crippen LogP contribution in [0.4, 0.5) is 0 Å². The fourth-order valence-electron chi connectivity index (χ4n) is 3.81. The SMILES string of the molecule is Cc1ccc2c3c([nH]c2c1)[C@@H](CCN1CCOCC1)NCC3. The second-order valence-corrected chi connectivity index (χ2v) is 6.57. The van der Waals surface area contributed by atoms with Crippen molar-refractivity contribution in [2.75, 3.05) is 39.4 Å². The Hall–Kier alpha value is -1.36. The Morgan fingerprint density at radius 2 is 2.14 bits per heavy atom. The molecule has 2 N–H and O–H groups in total. The number of aromatic amines is 1. The van der Waals surface area contributed by atoms with Gasteiger partial charge < -0.3 is 15.0 Å². The molecule has 0 amide bonds. The molecule has 1 saturated heterocycles. The number of aromatic nitrogens is 1. The Labute approximate surface area is 131 Å². The molecule has 1 aromatic heterocycles. The molecule has 22 heavy (non-hydrogen) atoms. The third kappa shape index (κ3) is 2.67. The minimum absolute atomic E-state index is 0.458. The molecule has 4 rings (SSSR count). The summed E-state index contributed by atoms with van der Waals surface area (Å²) in [5, 5.41) is 5.12. The first-order valence-electron chi connectivity index (χ1n) is 8.46. The van der Waals surface area contributed by atoms with Crippen molar-refractivity contribution in [2.24, 2.45) is 0 Å². The van der Waals surface area contributed by atoms with E-state index in [1.54, 1.807) is 0 Å². The third-order valence-corrected chi connectivity index (χ3v) is 5.05. The van der Waals surface area contributed by atoms with Gasteiger partial charge in [-0.1, -0.05) is 12.1 Å². The van der Waals surface area contributed by atoms with Crippen LogP contribution in [0.5, 0.6) is 0 Å². The zero-order valence-electron chi connectivity index (χ0n) is 13.3. The minimum atomic E-state index is 0.458. The highest BCUT2D eigenvalue weighted by atomic mass is 16.5. The lowest BCUT2D eigenvalue weighted by molar-refractivity contribution is 0.0360. The molecule has 1 aromatic carbocycles. The van der Waals surface area contributed by atoms with Crippen LogP contribution in [-0.2, 0) is 11.2 Å². The average molecular weight is 299 g/mol. The standard InChI is InChI=1S/C18H25N3O/c1-13-2-3-14-15-4-6-19-16(18(15)20-17(14)12-13)5-7-21-8-10-22-11-9-21/h2-3,12,16,19-20H,4-11H2,1H3/t16-/m1/s1. The van der Waals surface area contributed by atoms with Gasteiger partial charge in [0.1, 0.15) is 0 Å². The Balaban J connectivity index is 1.54. The van der Waals surface area contributed by atoms with Crippen molar-refractivity contribution >= 4 is 10.9 Å². The number of hydrogen-bond acceptors (Lipinski definition) is 3. The van der Waals surface area contributed by atoms with Crippen molar-refractivity contribution in [3.05, 3.63) is 35.0 Å². The molecule has 0 spiro atoms. The molecule has 0 aliphatic carbocycles. The number of nitrogens with one attached hydrogen (secondary N) is 2. The summed E-state index contributed by atoms with van der Waals surface area (Å²) in [5.41, 5.74) is 5.56. The highest BCUT2D eigenvalue weighted by Crippen LogP contribution is 2.32. The van der Waals surface area contributed by atoms with Gasteiger partial charge >= 0.3 is 0 Å². The molecule has 2 aliphatic heterocycles. The van der Waals surface area contributed by atoms with Crippen molar-refractivity contribution in [3.8, 4) is 0 Å². The van der Waals surface area contributed by atoms with E-state index in [9.17, 15) is 0 Å². The molecule has 0 bridgehead atoms. The summed E-state index contributed by atoms with van der Waals surface area (Å²) in [7, 11) is 0. The lowest BCUT2D eigenvalue weighted by Gasteiger charge is -2.30. The van der Waals surface area contributed by atoms with E-state index in [0.717, 1.165) is 45.8 Å². The average Bonchev–Trinajstić information content (AvgIpc) is 2.92. The van der Waals surface area contributed by atoms with Crippen molar-refractivity contribution in [1.29, 1.82) is 0 Å². The first-order chi connectivity index (χ1) is 10.8. The van der Waals surface area contributed by atoms with Crippen molar-refractivity contribution in [1.82, 2.24) is 15.2 Å². The topological polar surface area (TPSA) is 40.3 Å². The van der Waals surface area contributed by atoms with Crippen molar-refractivity contribution in [2.45, 2.75) is 25.8 Å². The monoisotopic (exact) mass is 299 g/mol. The van der Waals surface area contributed by atoms with Crippen LogP contribution >= 0.6 is 0 Å². The molecule has 4 heteroatoms. The zero-order valence-corrected chi connectivity index (χ0v) is 13.3. The van der Waals surface area contributed by atoms with Crippen LogP contribution < -0.4 is 5.32 Å². The summed E-state index contributed by atoms with van der Waals surface area (Å²) in [5.74, 6) is 0. The molecular formula is C18H25N3O. The fraction of sp³-hybridized carbons (Fsp3) is 0.556. The van der Waals surface area contributed by atoms with Gasteiger partial charge in [-0.25, -0.2) is 0 Å². The van der Waals surface area contributed by atoms with Crippen LogP contribution in [0.25, 0.3) is 10.9 Å². The van der Waals surface area contributed by atoms with E-state index < -0.39 is 0 Å². The van der Waals surface area contributed by atoms with E-state index in [2.05, 4.69) is 40.3 Å². The van der Waals surface area contributed by atoms with Gasteiger partial charge in [-0.15, -0.1) is 0 Å². The first-order valence-corrected chi connectivity index (χ1v) is 8.46. The number of benzene rings is 1. The Morgan fingerprint density at radius 1 is 1.27 bits per heavy atom. The minimum Gasteiger partial charge on any atom is -0.379 e. The van der Waals surface area contributed by atoms with Gasteiger partial charge in [0, 0.05) is 42.3 Å². The molecule has 0 unspecified atom stereocenters. The van der Waals surface area contributed by atoms with Gasteiger partial charge in [0.25, 0.3) is 0 Å². The highest BCUT2D eigenvalue weighted by Gasteiger charge is 2.24. The smallest absolute Gasteiger partial charge is 0.0594 e. The number of nitrogens with zero attached hydrogens (tertiary/aromatic N) is 1. The predicted octanol–water partition coefficient (Wildman–Crippen LogP) is 2.39. The lowest BCUT2D eigenvalue weighted by Crippen LogP contribution is -2.39. The van der Waals surface area contributed by atoms with Gasteiger partial charge in [-0.3, -0.25) is 4.90 Å². The van der Waals surface area contributed by atoms with Gasteiger partial charge in [-0.05, 0) is 43.5 Å². The maximum absolute atomic E-state index is 5.44. The van der Waals surface area contributed by atoms with Crippen LogP contribution in [0, 0.1) is 6.92 Å². The van der Waals surface area contributed by atoms with Crippen molar-refractivity contribution < 1.29 is 4.74 Å². The summed E-state index contributed by atoms with van der Waals surface area (Å²) in [6.45, 7) is 8.31. The Bertz CT molecular complexity index is 658. The molecule has 2 aliphatic rings. The Morgan fingerprint density at radius 3 is 3.00 bits per heavy atom. The van der Waals surface area contributed by atoms with Crippen LogP contribution in [0.2, 0.25) is 0 Å². The van der Waals surface area contributed by atoms with Crippen LogP contribution in [0.1, 0.15) is 29.3 Å². The maximum Gasteiger partial charge on any atom is 0.0594 e. The second kappa shape index (κ2) is 6.03. The molecule has 118 valence electrons. The van der Waals surface area contributed by atoms with Gasteiger partial charge in [-0.2, -0.15) is 0 Å². The molecule has 3 heterocycles. The summed E-state index contributed by atoms with van der Waals surface area (Å²) in [6.07, 6.45) is 2.30. The van der Waals surface area contributed by atoms with Crippen LogP contribution in [0.15, 0.2) is 18.2 Å². The molecule has 0 radical (unpaired) electrons. The van der Waals surface area contributed by atoms with Crippen LogP contribution in [-0.4, -0.2) is 49.3 Å². The summed E-state index contributed by atoms with van der Waals surface area (Å²) < 4.78 is 5.44. The Kier molecular flexibility index (Phi) is 3.90. The fourth-order valence-corrected chi connectivity index (χ4v) is 3.81. The first kappa shape index (κ1) is 14.2. The van der Waals surface area contributed by atoms with E-state index in [-0.39, 0.29) is 0 Å². The highest BCUT2D eigenvalue weighted by molar-refractivity contribution is 5.85. The molecule has 1 fully saturated rings. The van der Waals surface area contributed by atoms with Gasteiger partial charge in [0.15, 0.2) is 0 Å². The largest absolute Gasteiger partial charge is 0.379 e. The normalized spacial score (nSPS) is 22.9. The summed E-state index contributed by atoms with van der Waals surface area (Å²) in [6, 6.07) is 7.23. The number of H-pyrrole nitrogens is 1. The van der Waals surface area contributed by atoms with Gasteiger partial charge in [0.2, 0.25) is 0 Å². The van der Waals surface area contributed by atoms with E-state index in [4.69, 9.17) is 4.74 Å². The van der Waals surface area contributed by atoms with Crippen molar-refractivity contribution in [3.63, 3.8) is 0 Å². The third-order valence-electron chi connectivity index (χ3n) is 5.05. The van der Waals surface area contributed by atoms with Gasteiger partial charge in [0.05, 0.1) is 13.2 Å². The summed E-state index contributed by atoms with van der Waals surface area (Å²) >= 11 is 0. The molecule has 0 saturated carbocycles. The number of ether oxygens (including phenoxy) is 1. The van der Waals surface area contributed by atoms with E-state index in [1.165, 1.54) is 34.1 Å². The maximum atomic E-state index is 5.44. The molecular weight excluding hydrogens is 274 g/mol. The molecule has 2 aromatic rings. The second-order valence-electron chi connectivity index (χ2n) is 6.57. The quantitative estimate of drug-likeness (QED) is 0.914. The van der Waals surface area contributed by atoms with E-state index >= 15 is 0 Å². The van der Waals surface area contributed by atoms with E-state index in [1.807, 2.05) is 0 Å². The summed E-state index contributed by atoms with van der Waals surface area (Å²) in [4.78, 5) is 6.21. The number of morpholine rings is 1. The lowest BCUT2D eigenvalue weighted by atomic mass is 9.97. The number of fused-ring (bicyclic) bond motifs is 3. The predicted molar refractivity (Wildman–Crippen MR) is 89.4 cm³/mol. The number of hydrogen-bond donors (Lipinski definition) is 2. The number of rotatable bonds is 3. The molecule has 4 nitrogen and oxygen atoms in total.